The van der Waals surface area contributed by atoms with Crippen LogP contribution in [0, 0.1) is 0 Å². The molecule has 0 aliphatic heterocycles. The van der Waals surface area contributed by atoms with Gasteiger partial charge in [0.25, 0.3) is 0 Å². The van der Waals surface area contributed by atoms with Gasteiger partial charge in [-0.15, -0.1) is 0 Å². The maximum atomic E-state index is 11.2. The fraction of sp³-hybridized carbons (Fsp3) is 0.333. The molecule has 78 valence electrons. The molecule has 0 spiro atoms. The third-order valence-corrected chi connectivity index (χ3v) is 3.95. The number of hydrogen-bond donors (Lipinski definition) is 0. The highest BCUT2D eigenvalue weighted by atomic mass is 79.9. The van der Waals surface area contributed by atoms with E-state index in [1.165, 1.54) is 10.6 Å². The first-order valence-corrected chi connectivity index (χ1v) is 6.70. The molecule has 0 heterocycles. The second kappa shape index (κ2) is 4.42. The highest BCUT2D eigenvalue weighted by Crippen LogP contribution is 2.17. The summed E-state index contributed by atoms with van der Waals surface area (Å²) in [7, 11) is -1.54. The summed E-state index contributed by atoms with van der Waals surface area (Å²) in [5.74, 6) is 0. The van der Waals surface area contributed by atoms with Crippen molar-refractivity contribution in [2.45, 2.75) is 6.54 Å². The molecule has 0 fully saturated rings. The van der Waals surface area contributed by atoms with Crippen molar-refractivity contribution in [3.63, 3.8) is 0 Å². The molecule has 0 amide bonds. The molecule has 0 aliphatic rings. The van der Waals surface area contributed by atoms with Crippen molar-refractivity contribution >= 4 is 26.0 Å². The Bertz CT molecular complexity index is 417. The van der Waals surface area contributed by atoms with E-state index in [0.717, 1.165) is 10.0 Å². The fourth-order valence-electron chi connectivity index (χ4n) is 0.984. The van der Waals surface area contributed by atoms with E-state index >= 15 is 0 Å². The topological polar surface area (TPSA) is 37.4 Å². The number of halogens is 1. The molecule has 0 unspecified atom stereocenters. The van der Waals surface area contributed by atoms with Crippen molar-refractivity contribution in [2.24, 2.45) is 0 Å². The molecule has 1 aromatic rings. The molecule has 3 nitrogen and oxygen atoms in total. The summed E-state index contributed by atoms with van der Waals surface area (Å²) >= 11 is 3.37. The molecule has 1 rings (SSSR count). The molecule has 0 saturated carbocycles. The summed E-state index contributed by atoms with van der Waals surface area (Å²) in [5, 5.41) is 0. The van der Waals surface area contributed by atoms with Gasteiger partial charge < -0.3 is 0 Å². The molecule has 0 bridgehead atoms. The van der Waals surface area contributed by atoms with Gasteiger partial charge in [-0.3, -0.25) is 0 Å². The zero-order valence-corrected chi connectivity index (χ0v) is 10.5. The molecule has 0 aromatic heterocycles. The molecular weight excluding hydrogens is 266 g/mol. The third kappa shape index (κ3) is 3.08. The van der Waals surface area contributed by atoms with E-state index in [1.54, 1.807) is 7.05 Å². The molecule has 1 aromatic carbocycles. The molecule has 14 heavy (non-hydrogen) atoms. The summed E-state index contributed by atoms with van der Waals surface area (Å²) in [4.78, 5) is 0. The SMILES string of the molecule is CN(Cc1ccccc1Br)S(C)(=O)=O. The Kier molecular flexibility index (Phi) is 3.69. The number of nitrogens with zero attached hydrogens (tertiary/aromatic N) is 1. The highest BCUT2D eigenvalue weighted by Gasteiger charge is 2.12. The zero-order chi connectivity index (χ0) is 10.8. The molecule has 0 saturated heterocycles. The maximum Gasteiger partial charge on any atom is 0.211 e. The van der Waals surface area contributed by atoms with E-state index in [1.807, 2.05) is 24.3 Å². The lowest BCUT2D eigenvalue weighted by Crippen LogP contribution is -2.24. The average Bonchev–Trinajstić information content (AvgIpc) is 2.07. The van der Waals surface area contributed by atoms with Crippen LogP contribution in [-0.2, 0) is 16.6 Å². The smallest absolute Gasteiger partial charge is 0.211 e. The molecule has 0 atom stereocenters. The first-order valence-electron chi connectivity index (χ1n) is 4.06. The normalized spacial score (nSPS) is 12.0. The number of hydrogen-bond acceptors (Lipinski definition) is 2. The Hall–Kier alpha value is -0.390. The van der Waals surface area contributed by atoms with Crippen molar-refractivity contribution < 1.29 is 8.42 Å². The lowest BCUT2D eigenvalue weighted by Gasteiger charge is -2.14. The minimum absolute atomic E-state index is 0.389. The van der Waals surface area contributed by atoms with E-state index in [9.17, 15) is 8.42 Å². The van der Waals surface area contributed by atoms with E-state index in [0.29, 0.717) is 6.54 Å². The van der Waals surface area contributed by atoms with Crippen LogP contribution in [-0.4, -0.2) is 26.0 Å². The summed E-state index contributed by atoms with van der Waals surface area (Å²) < 4.78 is 24.6. The third-order valence-electron chi connectivity index (χ3n) is 1.92. The first kappa shape index (κ1) is 11.7. The summed E-state index contributed by atoms with van der Waals surface area (Å²) in [6.07, 6.45) is 1.20. The standard InChI is InChI=1S/C9H12BrNO2S/c1-11(14(2,12)13)7-8-5-3-4-6-9(8)10/h3-6H,7H2,1-2H3. The lowest BCUT2D eigenvalue weighted by molar-refractivity contribution is 0.471. The predicted molar refractivity (Wildman–Crippen MR) is 60.5 cm³/mol. The summed E-state index contributed by atoms with van der Waals surface area (Å²) in [6, 6.07) is 7.57. The minimum atomic E-state index is -3.11. The van der Waals surface area contributed by atoms with Crippen molar-refractivity contribution in [1.29, 1.82) is 0 Å². The monoisotopic (exact) mass is 277 g/mol. The molecule has 5 heteroatoms. The summed E-state index contributed by atoms with van der Waals surface area (Å²) in [6.45, 7) is 0.389. The van der Waals surface area contributed by atoms with Gasteiger partial charge in [0.1, 0.15) is 0 Å². The average molecular weight is 278 g/mol. The van der Waals surface area contributed by atoms with Gasteiger partial charge in [0.15, 0.2) is 0 Å². The van der Waals surface area contributed by atoms with E-state index in [4.69, 9.17) is 0 Å². The van der Waals surface area contributed by atoms with Gasteiger partial charge in [-0.1, -0.05) is 34.1 Å². The quantitative estimate of drug-likeness (QED) is 0.846. The van der Waals surface area contributed by atoms with Crippen LogP contribution in [0.4, 0.5) is 0 Å². The van der Waals surface area contributed by atoms with Crippen LogP contribution in [0.25, 0.3) is 0 Å². The Labute approximate surface area is 92.9 Å². The fourth-order valence-corrected chi connectivity index (χ4v) is 1.77. The van der Waals surface area contributed by atoms with Gasteiger partial charge in [0.05, 0.1) is 6.26 Å². The van der Waals surface area contributed by atoms with E-state index in [2.05, 4.69) is 15.9 Å². The van der Waals surface area contributed by atoms with Gasteiger partial charge in [0, 0.05) is 18.1 Å². The maximum absolute atomic E-state index is 11.2. The Balaban J connectivity index is 2.85. The lowest BCUT2D eigenvalue weighted by atomic mass is 10.2. The first-order chi connectivity index (χ1) is 6.41. The Morgan fingerprint density at radius 2 is 1.93 bits per heavy atom. The number of rotatable bonds is 3. The van der Waals surface area contributed by atoms with E-state index < -0.39 is 10.0 Å². The van der Waals surface area contributed by atoms with E-state index in [-0.39, 0.29) is 0 Å². The number of sulfonamides is 1. The Morgan fingerprint density at radius 1 is 1.36 bits per heavy atom. The van der Waals surface area contributed by atoms with Crippen LogP contribution >= 0.6 is 15.9 Å². The van der Waals surface area contributed by atoms with Crippen LogP contribution in [0.2, 0.25) is 0 Å². The van der Waals surface area contributed by atoms with Gasteiger partial charge in [-0.2, -0.15) is 0 Å². The van der Waals surface area contributed by atoms with Crippen LogP contribution < -0.4 is 0 Å². The van der Waals surface area contributed by atoms with Gasteiger partial charge >= 0.3 is 0 Å². The van der Waals surface area contributed by atoms with Crippen molar-refractivity contribution in [3.8, 4) is 0 Å². The van der Waals surface area contributed by atoms with Crippen LogP contribution in [0.1, 0.15) is 5.56 Å². The van der Waals surface area contributed by atoms with Gasteiger partial charge in [-0.05, 0) is 11.6 Å². The van der Waals surface area contributed by atoms with Crippen molar-refractivity contribution in [3.05, 3.63) is 34.3 Å². The highest BCUT2D eigenvalue weighted by molar-refractivity contribution is 9.10. The van der Waals surface area contributed by atoms with Crippen molar-refractivity contribution in [2.75, 3.05) is 13.3 Å². The molecular formula is C9H12BrNO2S. The van der Waals surface area contributed by atoms with Gasteiger partial charge in [-0.25, -0.2) is 12.7 Å². The zero-order valence-electron chi connectivity index (χ0n) is 8.07. The molecule has 0 N–H and O–H groups in total. The largest absolute Gasteiger partial charge is 0.213 e. The number of benzene rings is 1. The van der Waals surface area contributed by atoms with Crippen LogP contribution in [0.5, 0.6) is 0 Å². The van der Waals surface area contributed by atoms with Crippen molar-refractivity contribution in [1.82, 2.24) is 4.31 Å². The van der Waals surface area contributed by atoms with Crippen LogP contribution in [0.3, 0.4) is 0 Å². The molecule has 0 aliphatic carbocycles. The Morgan fingerprint density at radius 3 is 2.43 bits per heavy atom. The second-order valence-electron chi connectivity index (χ2n) is 3.11. The van der Waals surface area contributed by atoms with Gasteiger partial charge in [0.2, 0.25) is 10.0 Å². The summed E-state index contributed by atoms with van der Waals surface area (Å²) in [5.41, 5.74) is 0.959. The molecule has 0 radical (unpaired) electrons. The van der Waals surface area contributed by atoms with Crippen LogP contribution in [0.15, 0.2) is 28.7 Å². The predicted octanol–water partition coefficient (Wildman–Crippen LogP) is 1.84. The minimum Gasteiger partial charge on any atom is -0.213 e. The second-order valence-corrected chi connectivity index (χ2v) is 6.05.